The van der Waals surface area contributed by atoms with Gasteiger partial charge >= 0.3 is 103 Å². The molecule has 0 saturated carbocycles. The van der Waals surface area contributed by atoms with Crippen molar-refractivity contribution in [3.8, 4) is 0 Å². The molecule has 0 nitrogen and oxygen atoms in total. The Bertz CT molecular complexity index is 1190. The Kier molecular flexibility index (Phi) is 21.5. The van der Waals surface area contributed by atoms with E-state index in [1.165, 1.54) is 31.8 Å². The maximum atomic E-state index is 2.23. The van der Waals surface area contributed by atoms with Crippen molar-refractivity contribution < 1.29 is 128 Å². The normalized spacial score (nSPS) is 9.57. The van der Waals surface area contributed by atoms with Gasteiger partial charge in [0.05, 0.1) is 0 Å². The van der Waals surface area contributed by atoms with Crippen molar-refractivity contribution >= 4 is 47.7 Å². The number of hydrogen-bond acceptors (Lipinski definition) is 0. The Labute approximate surface area is 351 Å². The van der Waals surface area contributed by atoms with Crippen LogP contribution in [0.2, 0.25) is 0 Å². The SMILES string of the molecule is [Cl-].[Cl-].[K+].[K+].c1ccc(P(c2ccccc2)c2ccccc2)cc1.c1ccc(P(c2ccccc2)c2ccccc2)cc1. The predicted molar refractivity (Wildman–Crippen MR) is 170 cm³/mol. The summed E-state index contributed by atoms with van der Waals surface area (Å²) in [5.74, 6) is 0. The monoisotopic (exact) mass is 672 g/mol. The summed E-state index contributed by atoms with van der Waals surface area (Å²) in [4.78, 5) is 0. The first kappa shape index (κ1) is 40.1. The van der Waals surface area contributed by atoms with Crippen LogP contribution in [-0.4, -0.2) is 0 Å². The maximum Gasteiger partial charge on any atom is 1.00 e. The number of benzene rings is 6. The fourth-order valence-corrected chi connectivity index (χ4v) is 8.97. The van der Waals surface area contributed by atoms with Crippen LogP contribution < -0.4 is 159 Å². The molecule has 0 radical (unpaired) electrons. The molecular weight excluding hydrogens is 643 g/mol. The number of hydrogen-bond donors (Lipinski definition) is 0. The van der Waals surface area contributed by atoms with E-state index in [1.807, 2.05) is 0 Å². The molecule has 0 unspecified atom stereocenters. The third kappa shape index (κ3) is 11.8. The number of halogens is 2. The molecule has 0 saturated heterocycles. The Balaban J connectivity index is 0.000000383. The molecule has 0 aliphatic carbocycles. The van der Waals surface area contributed by atoms with Crippen LogP contribution in [0.4, 0.5) is 0 Å². The largest absolute Gasteiger partial charge is 1.00 e. The molecule has 0 heterocycles. The van der Waals surface area contributed by atoms with E-state index in [-0.39, 0.29) is 128 Å². The first-order valence-electron chi connectivity index (χ1n) is 12.8. The van der Waals surface area contributed by atoms with Crippen molar-refractivity contribution in [2.75, 3.05) is 0 Å². The molecule has 0 aliphatic heterocycles. The van der Waals surface area contributed by atoms with Crippen molar-refractivity contribution in [1.29, 1.82) is 0 Å². The van der Waals surface area contributed by atoms with Gasteiger partial charge in [0, 0.05) is 0 Å². The predicted octanol–water partition coefficient (Wildman–Crippen LogP) is -5.09. The van der Waals surface area contributed by atoms with Gasteiger partial charge in [-0.2, -0.15) is 0 Å². The van der Waals surface area contributed by atoms with Gasteiger partial charge in [-0.1, -0.05) is 182 Å². The van der Waals surface area contributed by atoms with E-state index in [2.05, 4.69) is 182 Å². The molecule has 0 N–H and O–H groups in total. The molecule has 0 bridgehead atoms. The minimum absolute atomic E-state index is 0. The van der Waals surface area contributed by atoms with E-state index < -0.39 is 15.8 Å². The molecule has 6 aromatic carbocycles. The topological polar surface area (TPSA) is 0 Å². The van der Waals surface area contributed by atoms with E-state index in [0.717, 1.165) is 0 Å². The van der Waals surface area contributed by atoms with Crippen molar-refractivity contribution in [2.24, 2.45) is 0 Å². The van der Waals surface area contributed by atoms with Crippen LogP contribution in [-0.2, 0) is 0 Å². The second kappa shape index (κ2) is 22.5. The van der Waals surface area contributed by atoms with Crippen LogP contribution in [0.25, 0.3) is 0 Å². The van der Waals surface area contributed by atoms with Crippen LogP contribution in [0.15, 0.2) is 182 Å². The quantitative estimate of drug-likeness (QED) is 0.123. The van der Waals surface area contributed by atoms with Crippen LogP contribution in [0.5, 0.6) is 0 Å². The first-order valence-corrected chi connectivity index (χ1v) is 15.5. The zero-order valence-electron chi connectivity index (χ0n) is 24.0. The summed E-state index contributed by atoms with van der Waals surface area (Å²) in [6.45, 7) is 0. The van der Waals surface area contributed by atoms with Crippen molar-refractivity contribution in [3.63, 3.8) is 0 Å². The Morgan fingerprint density at radius 3 is 0.452 bits per heavy atom. The van der Waals surface area contributed by atoms with Gasteiger partial charge in [0.25, 0.3) is 0 Å². The van der Waals surface area contributed by atoms with Gasteiger partial charge in [0.2, 0.25) is 0 Å². The zero-order chi connectivity index (χ0) is 25.8. The fraction of sp³-hybridized carbons (Fsp3) is 0. The van der Waals surface area contributed by atoms with Crippen molar-refractivity contribution in [3.05, 3.63) is 182 Å². The summed E-state index contributed by atoms with van der Waals surface area (Å²) < 4.78 is 0. The van der Waals surface area contributed by atoms with Gasteiger partial charge in [0.15, 0.2) is 0 Å². The third-order valence-corrected chi connectivity index (χ3v) is 11.0. The van der Waals surface area contributed by atoms with E-state index in [1.54, 1.807) is 0 Å². The molecule has 0 atom stereocenters. The minimum atomic E-state index is -0.446. The third-order valence-electron chi connectivity index (χ3n) is 6.09. The standard InChI is InChI=1S/2C18H15P.2ClH.2K/c2*1-4-10-16(11-5-1)19(17-12-6-2-7-13-17)18-14-8-3-9-15-18;;;;/h2*1-15H;2*1H;;/q;;;;2*+1/p-2. The van der Waals surface area contributed by atoms with Crippen LogP contribution in [0, 0.1) is 0 Å². The van der Waals surface area contributed by atoms with E-state index in [0.29, 0.717) is 0 Å². The summed E-state index contributed by atoms with van der Waals surface area (Å²) in [6, 6.07) is 64.7. The zero-order valence-corrected chi connectivity index (χ0v) is 33.5. The average molecular weight is 674 g/mol. The summed E-state index contributed by atoms with van der Waals surface area (Å²) in [5, 5.41) is 8.39. The van der Waals surface area contributed by atoms with E-state index in [9.17, 15) is 0 Å². The van der Waals surface area contributed by atoms with Crippen LogP contribution in [0.3, 0.4) is 0 Å². The Morgan fingerprint density at radius 2 is 0.333 bits per heavy atom. The first-order chi connectivity index (χ1) is 18.9. The van der Waals surface area contributed by atoms with Gasteiger partial charge < -0.3 is 24.8 Å². The molecule has 0 aliphatic rings. The average Bonchev–Trinajstić information content (AvgIpc) is 3.01. The number of rotatable bonds is 6. The summed E-state index contributed by atoms with van der Waals surface area (Å²) in [7, 11) is -0.892. The van der Waals surface area contributed by atoms with Crippen LogP contribution >= 0.6 is 15.8 Å². The minimum Gasteiger partial charge on any atom is -1.00 e. The van der Waals surface area contributed by atoms with E-state index >= 15 is 0 Å². The second-order valence-corrected chi connectivity index (χ2v) is 13.1. The smallest absolute Gasteiger partial charge is 1.00 e. The van der Waals surface area contributed by atoms with Gasteiger partial charge in [-0.25, -0.2) is 0 Å². The maximum absolute atomic E-state index is 2.23. The van der Waals surface area contributed by atoms with Gasteiger partial charge in [-0.3, -0.25) is 0 Å². The summed E-state index contributed by atoms with van der Waals surface area (Å²) in [6.07, 6.45) is 0. The fourth-order valence-electron chi connectivity index (χ4n) is 4.36. The molecular formula is C36H30Cl2K2P2. The molecule has 0 aromatic heterocycles. The van der Waals surface area contributed by atoms with Gasteiger partial charge in [-0.15, -0.1) is 0 Å². The molecule has 6 rings (SSSR count). The van der Waals surface area contributed by atoms with Crippen molar-refractivity contribution in [1.82, 2.24) is 0 Å². The molecule has 200 valence electrons. The molecule has 0 spiro atoms. The van der Waals surface area contributed by atoms with Crippen LogP contribution in [0.1, 0.15) is 0 Å². The van der Waals surface area contributed by atoms with Crippen molar-refractivity contribution in [2.45, 2.75) is 0 Å². The van der Waals surface area contributed by atoms with Gasteiger partial charge in [0.1, 0.15) is 0 Å². The van der Waals surface area contributed by atoms with E-state index in [4.69, 9.17) is 0 Å². The molecule has 0 fully saturated rings. The summed E-state index contributed by atoms with van der Waals surface area (Å²) in [5.41, 5.74) is 0. The Morgan fingerprint density at radius 1 is 0.214 bits per heavy atom. The molecule has 6 heteroatoms. The molecule has 0 amide bonds. The molecule has 6 aromatic rings. The van der Waals surface area contributed by atoms with Gasteiger partial charge in [-0.05, 0) is 47.7 Å². The Hall–Kier alpha value is 0.0327. The summed E-state index contributed by atoms with van der Waals surface area (Å²) >= 11 is 0. The molecule has 42 heavy (non-hydrogen) atoms. The second-order valence-electron chi connectivity index (χ2n) is 8.68.